The van der Waals surface area contributed by atoms with E-state index in [-0.39, 0.29) is 18.5 Å². The van der Waals surface area contributed by atoms with Gasteiger partial charge in [0, 0.05) is 10.9 Å². The highest BCUT2D eigenvalue weighted by atomic mass is 32.1. The highest BCUT2D eigenvalue weighted by Crippen LogP contribution is 2.32. The molecule has 5 heteroatoms. The number of carbonyl (C=O) groups is 2. The lowest BCUT2D eigenvalue weighted by atomic mass is 10.2. The van der Waals surface area contributed by atoms with Crippen LogP contribution in [0, 0.1) is 0 Å². The predicted molar refractivity (Wildman–Crippen MR) is 77.3 cm³/mol. The fourth-order valence-electron chi connectivity index (χ4n) is 3.30. The standard InChI is InChI=1S/C15H19NO3S/c17-14(18)9-16(11-5-1-2-6-11)15(19)13-8-10-4-3-7-12(10)20-13/h8,11H,1-7,9H2,(H,17,18). The summed E-state index contributed by atoms with van der Waals surface area (Å²) in [6.07, 6.45) is 7.35. The second kappa shape index (κ2) is 5.56. The third kappa shape index (κ3) is 2.59. The molecule has 0 atom stereocenters. The molecule has 2 aliphatic rings. The lowest BCUT2D eigenvalue weighted by Gasteiger charge is -2.26. The number of carbonyl (C=O) groups excluding carboxylic acids is 1. The SMILES string of the molecule is O=C(O)CN(C(=O)c1cc2c(s1)CCC2)C1CCCC1. The zero-order valence-corrected chi connectivity index (χ0v) is 12.2. The average molecular weight is 293 g/mol. The number of thiophene rings is 1. The number of carboxylic acid groups (broad SMARTS) is 1. The second-order valence-corrected chi connectivity index (χ2v) is 6.81. The molecule has 0 radical (unpaired) electrons. The van der Waals surface area contributed by atoms with Crippen LogP contribution in [0.4, 0.5) is 0 Å². The van der Waals surface area contributed by atoms with Gasteiger partial charge < -0.3 is 10.0 Å². The number of fused-ring (bicyclic) bond motifs is 1. The van der Waals surface area contributed by atoms with Gasteiger partial charge in [0.25, 0.3) is 5.91 Å². The Labute approximate surface area is 122 Å². The number of amides is 1. The maximum Gasteiger partial charge on any atom is 0.323 e. The Morgan fingerprint density at radius 2 is 2.00 bits per heavy atom. The van der Waals surface area contributed by atoms with Crippen molar-refractivity contribution in [3.63, 3.8) is 0 Å². The van der Waals surface area contributed by atoms with Crippen molar-refractivity contribution in [3.8, 4) is 0 Å². The summed E-state index contributed by atoms with van der Waals surface area (Å²) in [5.74, 6) is -1.01. The van der Waals surface area contributed by atoms with Gasteiger partial charge in [-0.25, -0.2) is 0 Å². The number of rotatable bonds is 4. The molecule has 1 saturated carbocycles. The molecule has 1 amide bonds. The summed E-state index contributed by atoms with van der Waals surface area (Å²) in [7, 11) is 0. The van der Waals surface area contributed by atoms with Gasteiger partial charge in [0.15, 0.2) is 0 Å². The summed E-state index contributed by atoms with van der Waals surface area (Å²) < 4.78 is 0. The number of carboxylic acids is 1. The third-order valence-electron chi connectivity index (χ3n) is 4.29. The van der Waals surface area contributed by atoms with E-state index in [0.717, 1.165) is 43.4 Å². The molecule has 1 heterocycles. The van der Waals surface area contributed by atoms with Crippen molar-refractivity contribution in [1.82, 2.24) is 4.90 Å². The van der Waals surface area contributed by atoms with Crippen LogP contribution < -0.4 is 0 Å². The van der Waals surface area contributed by atoms with Crippen LogP contribution in [0.1, 0.15) is 52.2 Å². The van der Waals surface area contributed by atoms with Gasteiger partial charge in [-0.3, -0.25) is 9.59 Å². The molecule has 3 rings (SSSR count). The van der Waals surface area contributed by atoms with Gasteiger partial charge in [-0.1, -0.05) is 12.8 Å². The highest BCUT2D eigenvalue weighted by molar-refractivity contribution is 7.14. The van der Waals surface area contributed by atoms with Crippen molar-refractivity contribution >= 4 is 23.2 Å². The molecule has 20 heavy (non-hydrogen) atoms. The molecule has 4 nitrogen and oxygen atoms in total. The summed E-state index contributed by atoms with van der Waals surface area (Å²) in [5, 5.41) is 9.07. The first-order chi connectivity index (χ1) is 9.65. The maximum atomic E-state index is 12.6. The lowest BCUT2D eigenvalue weighted by Crippen LogP contribution is -2.42. The van der Waals surface area contributed by atoms with E-state index in [1.807, 2.05) is 6.07 Å². The van der Waals surface area contributed by atoms with E-state index in [0.29, 0.717) is 0 Å². The molecular weight excluding hydrogens is 274 g/mol. The van der Waals surface area contributed by atoms with Crippen molar-refractivity contribution in [1.29, 1.82) is 0 Å². The monoisotopic (exact) mass is 293 g/mol. The quantitative estimate of drug-likeness (QED) is 0.928. The van der Waals surface area contributed by atoms with Crippen molar-refractivity contribution in [2.24, 2.45) is 0 Å². The van der Waals surface area contributed by atoms with Crippen LogP contribution in [0.15, 0.2) is 6.07 Å². The van der Waals surface area contributed by atoms with Crippen LogP contribution in [0.3, 0.4) is 0 Å². The minimum atomic E-state index is -0.922. The van der Waals surface area contributed by atoms with E-state index < -0.39 is 5.97 Å². The Balaban J connectivity index is 1.81. The molecule has 1 aromatic heterocycles. The second-order valence-electron chi connectivity index (χ2n) is 5.68. The van der Waals surface area contributed by atoms with E-state index in [2.05, 4.69) is 0 Å². The summed E-state index contributed by atoms with van der Waals surface area (Å²) in [6.45, 7) is -0.175. The minimum absolute atomic E-state index is 0.0845. The maximum absolute atomic E-state index is 12.6. The number of aliphatic carboxylic acids is 1. The Bertz CT molecular complexity index is 510. The molecule has 1 N–H and O–H groups in total. The molecule has 1 aromatic rings. The van der Waals surface area contributed by atoms with Crippen LogP contribution in [0.2, 0.25) is 0 Å². The Morgan fingerprint density at radius 1 is 1.25 bits per heavy atom. The average Bonchev–Trinajstić information content (AvgIpc) is 3.09. The first kappa shape index (κ1) is 13.6. The molecule has 108 valence electrons. The van der Waals surface area contributed by atoms with E-state index >= 15 is 0 Å². The summed E-state index contributed by atoms with van der Waals surface area (Å²) in [5.41, 5.74) is 1.29. The van der Waals surface area contributed by atoms with Crippen molar-refractivity contribution in [3.05, 3.63) is 21.4 Å². The van der Waals surface area contributed by atoms with E-state index in [4.69, 9.17) is 5.11 Å². The number of hydrogen-bond donors (Lipinski definition) is 1. The first-order valence-electron chi connectivity index (χ1n) is 7.29. The summed E-state index contributed by atoms with van der Waals surface area (Å²) in [4.78, 5) is 27.3. The molecule has 1 fully saturated rings. The van der Waals surface area contributed by atoms with Gasteiger partial charge in [0.1, 0.15) is 6.54 Å². The van der Waals surface area contributed by atoms with Crippen molar-refractivity contribution in [2.45, 2.75) is 51.0 Å². The number of nitrogens with zero attached hydrogens (tertiary/aromatic N) is 1. The van der Waals surface area contributed by atoms with Gasteiger partial charge in [0.2, 0.25) is 0 Å². The van der Waals surface area contributed by atoms with Gasteiger partial charge >= 0.3 is 5.97 Å². The predicted octanol–water partition coefficient (Wildman–Crippen LogP) is 2.71. The van der Waals surface area contributed by atoms with Gasteiger partial charge in [-0.2, -0.15) is 0 Å². The topological polar surface area (TPSA) is 57.6 Å². The van der Waals surface area contributed by atoms with Gasteiger partial charge in [-0.05, 0) is 43.7 Å². The molecular formula is C15H19NO3S. The normalized spacial score (nSPS) is 18.2. The van der Waals surface area contributed by atoms with Crippen molar-refractivity contribution < 1.29 is 14.7 Å². The van der Waals surface area contributed by atoms with Crippen LogP contribution in [0.25, 0.3) is 0 Å². The van der Waals surface area contributed by atoms with E-state index in [1.165, 1.54) is 16.9 Å². The fourth-order valence-corrected chi connectivity index (χ4v) is 4.51. The number of hydrogen-bond acceptors (Lipinski definition) is 3. The Morgan fingerprint density at radius 3 is 2.65 bits per heavy atom. The van der Waals surface area contributed by atoms with Crippen LogP contribution in [-0.4, -0.2) is 34.5 Å². The highest BCUT2D eigenvalue weighted by Gasteiger charge is 2.30. The number of aryl methyl sites for hydroxylation is 2. The smallest absolute Gasteiger partial charge is 0.323 e. The molecule has 0 spiro atoms. The van der Waals surface area contributed by atoms with Crippen LogP contribution >= 0.6 is 11.3 Å². The fraction of sp³-hybridized carbons (Fsp3) is 0.600. The summed E-state index contributed by atoms with van der Waals surface area (Å²) >= 11 is 1.56. The Hall–Kier alpha value is -1.36. The van der Waals surface area contributed by atoms with Gasteiger partial charge in [-0.15, -0.1) is 11.3 Å². The minimum Gasteiger partial charge on any atom is -0.480 e. The van der Waals surface area contributed by atoms with E-state index in [9.17, 15) is 9.59 Å². The molecule has 0 unspecified atom stereocenters. The zero-order valence-electron chi connectivity index (χ0n) is 11.4. The van der Waals surface area contributed by atoms with Crippen LogP contribution in [-0.2, 0) is 17.6 Å². The Kier molecular flexibility index (Phi) is 3.78. The largest absolute Gasteiger partial charge is 0.480 e. The molecule has 2 aliphatic carbocycles. The lowest BCUT2D eigenvalue weighted by molar-refractivity contribution is -0.138. The third-order valence-corrected chi connectivity index (χ3v) is 5.51. The summed E-state index contributed by atoms with van der Waals surface area (Å²) in [6, 6.07) is 2.09. The van der Waals surface area contributed by atoms with Crippen LogP contribution in [0.5, 0.6) is 0 Å². The molecule has 0 bridgehead atoms. The molecule has 0 aliphatic heterocycles. The first-order valence-corrected chi connectivity index (χ1v) is 8.11. The molecule has 0 saturated heterocycles. The zero-order chi connectivity index (χ0) is 14.1. The molecule has 0 aromatic carbocycles. The van der Waals surface area contributed by atoms with Crippen molar-refractivity contribution in [2.75, 3.05) is 6.54 Å². The van der Waals surface area contributed by atoms with Gasteiger partial charge in [0.05, 0.1) is 4.88 Å². The van der Waals surface area contributed by atoms with E-state index in [1.54, 1.807) is 16.2 Å².